The van der Waals surface area contributed by atoms with Crippen molar-refractivity contribution in [2.75, 3.05) is 26.5 Å². The number of alkyl halides is 1. The molecule has 17 heteroatoms. The van der Waals surface area contributed by atoms with Crippen LogP contribution in [0, 0.1) is 35.0 Å². The Morgan fingerprint density at radius 2 is 1.79 bits per heavy atom. The number of amides is 1. The van der Waals surface area contributed by atoms with Crippen LogP contribution in [-0.2, 0) is 51.3 Å². The standard InChI is InChI=1S/C50H76FN5O10S/c1-13-42-50(10,61)40-19-14-29(2)20-22-49(9,26-30(3)43(32(40)5)52-35(8)57)46(33(6)44(58)34(7)47(60)65-42)66-48-45(59)41(24-31(4)64-48)55(11)23-21-37-28-56(54-53-37)38(27-51)25-36-15-17-39(18-16-36)67(12,62)63/h15-18,28,30-34,38,40-42,45-46,48,59,61H,2,13-14,19-27H2,1,3-12H3/t30-,31-,32-,33+,34-,38+,40-,41+,42-,45-,46-,48+,49-,50+/m1/s1. The quantitative estimate of drug-likeness (QED) is 0.133. The second-order valence-corrected chi connectivity index (χ2v) is 22.5. The lowest BCUT2D eigenvalue weighted by molar-refractivity contribution is -0.287. The van der Waals surface area contributed by atoms with Gasteiger partial charge in [0.15, 0.2) is 21.9 Å². The molecule has 2 saturated heterocycles. The number of allylic oxidation sites excluding steroid dienone is 1. The number of nitrogens with zero attached hydrogens (tertiary/aromatic N) is 5. The lowest BCUT2D eigenvalue weighted by Gasteiger charge is -2.48. The number of halogens is 1. The third-order valence-corrected chi connectivity index (χ3v) is 16.1. The summed E-state index contributed by atoms with van der Waals surface area (Å²) in [5, 5.41) is 33.1. The number of sulfone groups is 1. The minimum atomic E-state index is -3.36. The van der Waals surface area contributed by atoms with Gasteiger partial charge in [0.2, 0.25) is 5.91 Å². The maximum atomic E-state index is 14.6. The van der Waals surface area contributed by atoms with E-state index >= 15 is 0 Å². The summed E-state index contributed by atoms with van der Waals surface area (Å²) in [4.78, 5) is 48.2. The van der Waals surface area contributed by atoms with Crippen molar-refractivity contribution in [1.29, 1.82) is 0 Å². The van der Waals surface area contributed by atoms with Crippen molar-refractivity contribution in [2.24, 2.45) is 40.0 Å². The molecule has 1 aromatic carbocycles. The molecular weight excluding hydrogens is 882 g/mol. The number of aliphatic imine (C=N–C) groups is 1. The van der Waals surface area contributed by atoms with E-state index in [9.17, 15) is 37.4 Å². The van der Waals surface area contributed by atoms with Crippen molar-refractivity contribution in [3.63, 3.8) is 0 Å². The number of cyclic esters (lactones) is 1. The molecule has 2 aliphatic heterocycles. The van der Waals surface area contributed by atoms with E-state index in [1.807, 2.05) is 46.6 Å². The van der Waals surface area contributed by atoms with Gasteiger partial charge in [-0.05, 0) is 114 Å². The number of aliphatic hydroxyl groups excluding tert-OH is 1. The zero-order chi connectivity index (χ0) is 49.8. The molecule has 67 heavy (non-hydrogen) atoms. The average molecular weight is 958 g/mol. The fraction of sp³-hybridized carbons (Fsp3) is 0.720. The molecule has 2 N–H and O–H groups in total. The number of carbonyl (C=O) groups excluding carboxylic acids is 3. The van der Waals surface area contributed by atoms with Crippen LogP contribution in [-0.4, -0.2) is 131 Å². The smallest absolute Gasteiger partial charge is 0.316 e. The Bertz CT molecular complexity index is 2200. The Hall–Kier alpha value is -3.74. The number of carbonyl (C=O) groups is 3. The average Bonchev–Trinajstić information content (AvgIpc) is 3.74. The van der Waals surface area contributed by atoms with E-state index in [4.69, 9.17) is 14.2 Å². The summed E-state index contributed by atoms with van der Waals surface area (Å²) in [6.45, 7) is 20.3. The second-order valence-electron chi connectivity index (χ2n) is 20.5. The van der Waals surface area contributed by atoms with Gasteiger partial charge in [0, 0.05) is 55.9 Å². The van der Waals surface area contributed by atoms with Crippen molar-refractivity contribution >= 4 is 33.2 Å². The molecule has 1 aliphatic carbocycles. The largest absolute Gasteiger partial charge is 0.459 e. The third kappa shape index (κ3) is 12.9. The van der Waals surface area contributed by atoms with Gasteiger partial charge in [0.05, 0.1) is 28.8 Å². The Labute approximate surface area is 397 Å². The minimum Gasteiger partial charge on any atom is -0.459 e. The number of hydrogen-bond acceptors (Lipinski definition) is 13. The summed E-state index contributed by atoms with van der Waals surface area (Å²) < 4.78 is 59.1. The first kappa shape index (κ1) is 54.2. The molecule has 374 valence electrons. The number of ether oxygens (including phenoxy) is 3. The van der Waals surface area contributed by atoms with Gasteiger partial charge < -0.3 is 29.3 Å². The van der Waals surface area contributed by atoms with E-state index in [-0.39, 0.29) is 35.7 Å². The number of likely N-dealkylation sites (N-methyl/N-ethyl adjacent to an activating group) is 1. The van der Waals surface area contributed by atoms with Gasteiger partial charge in [-0.25, -0.2) is 22.5 Å². The number of fused-ring (bicyclic) bond motifs is 5. The van der Waals surface area contributed by atoms with Crippen LogP contribution in [0.1, 0.15) is 125 Å². The number of aromatic nitrogens is 3. The molecule has 0 radical (unpaired) electrons. The molecule has 14 atom stereocenters. The van der Waals surface area contributed by atoms with Gasteiger partial charge in [0.1, 0.15) is 30.4 Å². The van der Waals surface area contributed by atoms with Crippen LogP contribution >= 0.6 is 0 Å². The van der Waals surface area contributed by atoms with Crippen LogP contribution in [0.3, 0.4) is 0 Å². The number of hydrogen-bond donors (Lipinski definition) is 2. The van der Waals surface area contributed by atoms with E-state index in [1.165, 1.54) is 30.7 Å². The molecule has 1 saturated carbocycles. The Morgan fingerprint density at radius 1 is 1.12 bits per heavy atom. The van der Waals surface area contributed by atoms with Crippen molar-refractivity contribution < 1.29 is 51.6 Å². The Kier molecular flexibility index (Phi) is 18.1. The molecular formula is C50H76FN5O10S. The molecule has 15 nitrogen and oxygen atoms in total. The summed E-state index contributed by atoms with van der Waals surface area (Å²) in [6, 6.07) is 5.27. The van der Waals surface area contributed by atoms with Crippen molar-refractivity contribution in [3.05, 3.63) is 53.9 Å². The van der Waals surface area contributed by atoms with Crippen molar-refractivity contribution in [1.82, 2.24) is 19.9 Å². The highest BCUT2D eigenvalue weighted by molar-refractivity contribution is 7.90. The summed E-state index contributed by atoms with van der Waals surface area (Å²) in [7, 11) is -1.47. The van der Waals surface area contributed by atoms with Gasteiger partial charge in [-0.1, -0.05) is 64.1 Å². The predicted octanol–water partition coefficient (Wildman–Crippen LogP) is 6.49. The minimum absolute atomic E-state index is 0.188. The molecule has 0 spiro atoms. The lowest BCUT2D eigenvalue weighted by atomic mass is 9.65. The van der Waals surface area contributed by atoms with Gasteiger partial charge in [-0.2, -0.15) is 0 Å². The molecule has 0 unspecified atom stereocenters. The fourth-order valence-corrected chi connectivity index (χ4v) is 11.6. The van der Waals surface area contributed by atoms with Crippen LogP contribution in [0.5, 0.6) is 0 Å². The highest BCUT2D eigenvalue weighted by atomic mass is 32.2. The number of rotatable bonds is 12. The number of esters is 1. The molecule has 2 bridgehead atoms. The summed E-state index contributed by atoms with van der Waals surface area (Å²) in [5.74, 6) is -4.81. The normalized spacial score (nSPS) is 35.1. The predicted molar refractivity (Wildman–Crippen MR) is 253 cm³/mol. The topological polar surface area (TPSA) is 200 Å². The lowest BCUT2D eigenvalue weighted by Crippen LogP contribution is -2.58. The van der Waals surface area contributed by atoms with Gasteiger partial charge in [0.25, 0.3) is 0 Å². The molecule has 5 rings (SSSR count). The Balaban J connectivity index is 1.43. The second kappa shape index (κ2) is 22.3. The highest BCUT2D eigenvalue weighted by Crippen LogP contribution is 2.47. The van der Waals surface area contributed by atoms with Crippen LogP contribution < -0.4 is 0 Å². The van der Waals surface area contributed by atoms with Gasteiger partial charge >= 0.3 is 5.97 Å². The molecule has 3 fully saturated rings. The van der Waals surface area contributed by atoms with Gasteiger partial charge in [-0.3, -0.25) is 14.4 Å². The maximum Gasteiger partial charge on any atom is 0.316 e. The van der Waals surface area contributed by atoms with Crippen LogP contribution in [0.15, 0.2) is 52.5 Å². The Morgan fingerprint density at radius 3 is 2.40 bits per heavy atom. The van der Waals surface area contributed by atoms with Crippen LogP contribution in [0.4, 0.5) is 4.39 Å². The monoisotopic (exact) mass is 958 g/mol. The molecule has 3 aliphatic rings. The number of aliphatic hydroxyl groups is 2. The van der Waals surface area contributed by atoms with E-state index in [1.54, 1.807) is 32.2 Å². The van der Waals surface area contributed by atoms with Crippen LogP contribution in [0.2, 0.25) is 0 Å². The highest BCUT2D eigenvalue weighted by Gasteiger charge is 2.52. The van der Waals surface area contributed by atoms with E-state index < -0.39 is 99.6 Å². The van der Waals surface area contributed by atoms with Crippen molar-refractivity contribution in [2.45, 2.75) is 173 Å². The first-order valence-corrected chi connectivity index (χ1v) is 25.9. The molecule has 2 aromatic rings. The molecule has 3 heterocycles. The molecule has 1 aromatic heterocycles. The fourth-order valence-electron chi connectivity index (χ4n) is 11.0. The summed E-state index contributed by atoms with van der Waals surface area (Å²) in [5.41, 5.74) is 0.604. The molecule has 1 amide bonds. The zero-order valence-electron chi connectivity index (χ0n) is 41.5. The van der Waals surface area contributed by atoms with Crippen molar-refractivity contribution in [3.8, 4) is 0 Å². The SMILES string of the molecule is C=C1CC[C@@H]2[C@@H](C)C(=NC(C)=O)[C@H](C)C[C@@](C)(CC1)[C@H](O[C@@H]1O[C@H](C)C[C@H](N(C)CCc3cn([C@H](CF)Cc4ccc(S(C)(=O)=O)cc4)nn3)[C@H]1O)[C@@H](C)C(=O)[C@@H](C)C(=O)O[C@H](CC)[C@@]2(C)O. The zero-order valence-corrected chi connectivity index (χ0v) is 42.3. The maximum absolute atomic E-state index is 14.6. The number of Topliss-reactive ketones (excluding diaryl/α,β-unsaturated/α-hetero) is 1. The summed E-state index contributed by atoms with van der Waals surface area (Å²) in [6.07, 6.45) is 2.37. The third-order valence-electron chi connectivity index (χ3n) is 15.0. The van der Waals surface area contributed by atoms with Gasteiger partial charge in [-0.15, -0.1) is 5.10 Å². The first-order chi connectivity index (χ1) is 31.3. The van der Waals surface area contributed by atoms with E-state index in [0.29, 0.717) is 62.9 Å². The number of ketones is 1. The number of benzene rings is 1. The first-order valence-electron chi connectivity index (χ1n) is 24.0. The van der Waals surface area contributed by atoms with Crippen LogP contribution in [0.25, 0.3) is 0 Å². The van der Waals surface area contributed by atoms with E-state index in [2.05, 4.69) is 21.9 Å². The van der Waals surface area contributed by atoms with E-state index in [0.717, 1.165) is 17.4 Å². The summed E-state index contributed by atoms with van der Waals surface area (Å²) >= 11 is 0.